The molecular formula is C44H49N3O5. The van der Waals surface area contributed by atoms with E-state index >= 15 is 0 Å². The molecule has 0 heterocycles. The van der Waals surface area contributed by atoms with E-state index < -0.39 is 36.0 Å². The maximum Gasteiger partial charge on any atom is 0.227 e. The molecule has 4 N–H and O–H groups in total. The summed E-state index contributed by atoms with van der Waals surface area (Å²) in [6.07, 6.45) is 2.02. The van der Waals surface area contributed by atoms with E-state index in [1.54, 1.807) is 0 Å². The number of carbonyl (C=O) groups excluding carboxylic acids is 3. The van der Waals surface area contributed by atoms with E-state index in [0.717, 1.165) is 47.1 Å². The van der Waals surface area contributed by atoms with Gasteiger partial charge in [-0.3, -0.25) is 14.4 Å². The van der Waals surface area contributed by atoms with Crippen molar-refractivity contribution in [1.82, 2.24) is 15.5 Å². The second-order valence-electron chi connectivity index (χ2n) is 15.0. The Kier molecular flexibility index (Phi) is 11.1. The molecule has 0 aromatic heterocycles. The number of benzene rings is 4. The predicted molar refractivity (Wildman–Crippen MR) is 199 cm³/mol. The highest BCUT2D eigenvalue weighted by molar-refractivity contribution is 5.89. The van der Waals surface area contributed by atoms with Gasteiger partial charge in [0, 0.05) is 32.0 Å². The Hall–Kier alpha value is -4.79. The lowest BCUT2D eigenvalue weighted by molar-refractivity contribution is -0.145. The average Bonchev–Trinajstić information content (AvgIpc) is 3.88. The number of amides is 3. The molecule has 2 bridgehead atoms. The minimum Gasteiger partial charge on any atom is -0.391 e. The van der Waals surface area contributed by atoms with Crippen LogP contribution in [0.2, 0.25) is 0 Å². The molecule has 1 unspecified atom stereocenters. The maximum atomic E-state index is 14.5. The van der Waals surface area contributed by atoms with Crippen LogP contribution in [0, 0.1) is 29.6 Å². The van der Waals surface area contributed by atoms with Crippen molar-refractivity contribution in [1.29, 1.82) is 0 Å². The molecular weight excluding hydrogens is 650 g/mol. The SMILES string of the molecule is O=C(NC1c2ccccc2C[C@H]1O)[C@H](Cc1ccccc1)C[C@H](O)CNC(=O)[C@@H]1[C@H]2CC[C@H](C2)[C@H]1C(=O)N(Cc1ccccc1)Cc1ccccc1. The summed E-state index contributed by atoms with van der Waals surface area (Å²) in [6, 6.07) is 36.8. The Morgan fingerprint density at radius 2 is 1.29 bits per heavy atom. The molecule has 0 aliphatic heterocycles. The molecule has 2 fully saturated rings. The van der Waals surface area contributed by atoms with Gasteiger partial charge < -0.3 is 25.7 Å². The van der Waals surface area contributed by atoms with Crippen LogP contribution in [0.5, 0.6) is 0 Å². The maximum absolute atomic E-state index is 14.5. The zero-order valence-corrected chi connectivity index (χ0v) is 29.5. The van der Waals surface area contributed by atoms with Crippen LogP contribution in [0.4, 0.5) is 0 Å². The van der Waals surface area contributed by atoms with Gasteiger partial charge in [-0.2, -0.15) is 0 Å². The molecule has 3 aliphatic rings. The molecule has 0 spiro atoms. The van der Waals surface area contributed by atoms with E-state index in [4.69, 9.17) is 0 Å². The number of nitrogens with one attached hydrogen (secondary N) is 2. The third-order valence-electron chi connectivity index (χ3n) is 11.5. The molecule has 8 heteroatoms. The van der Waals surface area contributed by atoms with Crippen LogP contribution in [0.1, 0.15) is 59.5 Å². The Labute approximate surface area is 306 Å². The Balaban J connectivity index is 1.02. The van der Waals surface area contributed by atoms with Gasteiger partial charge >= 0.3 is 0 Å². The van der Waals surface area contributed by atoms with E-state index in [9.17, 15) is 24.6 Å². The Morgan fingerprint density at radius 1 is 0.731 bits per heavy atom. The van der Waals surface area contributed by atoms with Crippen LogP contribution in [0.3, 0.4) is 0 Å². The second kappa shape index (κ2) is 16.3. The zero-order chi connectivity index (χ0) is 36.0. The summed E-state index contributed by atoms with van der Waals surface area (Å²) in [5.41, 5.74) is 4.98. The van der Waals surface area contributed by atoms with Gasteiger partial charge in [0.15, 0.2) is 0 Å². The number of aliphatic hydroxyl groups excluding tert-OH is 2. The predicted octanol–water partition coefficient (Wildman–Crippen LogP) is 5.38. The first-order valence-corrected chi connectivity index (χ1v) is 18.8. The highest BCUT2D eigenvalue weighted by atomic mass is 16.3. The van der Waals surface area contributed by atoms with E-state index in [-0.39, 0.29) is 42.5 Å². The lowest BCUT2D eigenvalue weighted by Crippen LogP contribution is -2.47. The van der Waals surface area contributed by atoms with Gasteiger partial charge in [0.2, 0.25) is 17.7 Å². The van der Waals surface area contributed by atoms with Gasteiger partial charge in [0.1, 0.15) is 0 Å². The summed E-state index contributed by atoms with van der Waals surface area (Å²) in [5, 5.41) is 28.2. The summed E-state index contributed by atoms with van der Waals surface area (Å²) in [7, 11) is 0. The normalized spacial score (nSPS) is 24.1. The van der Waals surface area contributed by atoms with Crippen molar-refractivity contribution in [3.8, 4) is 0 Å². The van der Waals surface area contributed by atoms with Crippen LogP contribution >= 0.6 is 0 Å². The van der Waals surface area contributed by atoms with Crippen molar-refractivity contribution < 1.29 is 24.6 Å². The van der Waals surface area contributed by atoms with Gasteiger partial charge in [0.25, 0.3) is 0 Å². The third kappa shape index (κ3) is 8.14. The number of carbonyl (C=O) groups is 3. The number of rotatable bonds is 14. The monoisotopic (exact) mass is 699 g/mol. The smallest absolute Gasteiger partial charge is 0.227 e. The molecule has 3 amide bonds. The summed E-state index contributed by atoms with van der Waals surface area (Å²) < 4.78 is 0. The standard InChI is InChI=1S/C44H49N3O5/c48-36(24-35(22-29-12-4-1-5-13-29)42(50)46-41-37-19-11-10-18-32(37)25-38(41)49)26-45-43(51)39-33-20-21-34(23-33)40(39)44(52)47(27-30-14-6-2-7-15-30)28-31-16-8-3-9-17-31/h1-19,33-36,38-41,48-49H,20-28H2,(H,45,51)(H,46,50)/t33-,34+,35+,36-,38+,39+,40+,41?/m0/s1. The third-order valence-corrected chi connectivity index (χ3v) is 11.5. The number of fused-ring (bicyclic) bond motifs is 3. The number of hydrogen-bond donors (Lipinski definition) is 4. The zero-order valence-electron chi connectivity index (χ0n) is 29.5. The quantitative estimate of drug-likeness (QED) is 0.141. The highest BCUT2D eigenvalue weighted by Gasteiger charge is 2.54. The molecule has 7 rings (SSSR count). The summed E-state index contributed by atoms with van der Waals surface area (Å²) >= 11 is 0. The lowest BCUT2D eigenvalue weighted by Gasteiger charge is -2.34. The molecule has 0 saturated heterocycles. The molecule has 2 saturated carbocycles. The van der Waals surface area contributed by atoms with Crippen LogP contribution < -0.4 is 10.6 Å². The van der Waals surface area contributed by atoms with E-state index in [2.05, 4.69) is 10.6 Å². The van der Waals surface area contributed by atoms with Gasteiger partial charge in [-0.05, 0) is 71.8 Å². The molecule has 8 nitrogen and oxygen atoms in total. The van der Waals surface area contributed by atoms with Gasteiger partial charge in [-0.1, -0.05) is 115 Å². The highest BCUT2D eigenvalue weighted by Crippen LogP contribution is 2.53. The fraction of sp³-hybridized carbons (Fsp3) is 0.386. The van der Waals surface area contributed by atoms with E-state index in [0.29, 0.717) is 25.9 Å². The number of aliphatic hydroxyl groups is 2. The van der Waals surface area contributed by atoms with Crippen LogP contribution in [-0.2, 0) is 40.3 Å². The van der Waals surface area contributed by atoms with Crippen molar-refractivity contribution in [3.63, 3.8) is 0 Å². The molecule has 8 atom stereocenters. The van der Waals surface area contributed by atoms with Crippen LogP contribution in [0.15, 0.2) is 115 Å². The number of nitrogens with zero attached hydrogens (tertiary/aromatic N) is 1. The fourth-order valence-corrected chi connectivity index (χ4v) is 9.00. The van der Waals surface area contributed by atoms with Crippen molar-refractivity contribution in [2.45, 2.75) is 69.9 Å². The van der Waals surface area contributed by atoms with Crippen molar-refractivity contribution >= 4 is 17.7 Å². The summed E-state index contributed by atoms with van der Waals surface area (Å²) in [6.45, 7) is 0.909. The molecule has 4 aromatic rings. The topological polar surface area (TPSA) is 119 Å². The van der Waals surface area contributed by atoms with Crippen LogP contribution in [-0.4, -0.2) is 51.6 Å². The summed E-state index contributed by atoms with van der Waals surface area (Å²) in [4.78, 5) is 44.2. The van der Waals surface area contributed by atoms with E-state index in [1.807, 2.05) is 120 Å². The minimum atomic E-state index is -0.982. The first-order valence-electron chi connectivity index (χ1n) is 18.8. The average molecular weight is 700 g/mol. The molecule has 0 radical (unpaired) electrons. The Bertz CT molecular complexity index is 1780. The van der Waals surface area contributed by atoms with Gasteiger partial charge in [-0.15, -0.1) is 0 Å². The molecule has 4 aromatic carbocycles. The first-order chi connectivity index (χ1) is 25.3. The molecule has 270 valence electrons. The van der Waals surface area contributed by atoms with Crippen molar-refractivity contribution in [3.05, 3.63) is 143 Å². The van der Waals surface area contributed by atoms with Crippen molar-refractivity contribution in [2.75, 3.05) is 6.54 Å². The van der Waals surface area contributed by atoms with Crippen LogP contribution in [0.25, 0.3) is 0 Å². The molecule has 52 heavy (non-hydrogen) atoms. The van der Waals surface area contributed by atoms with E-state index in [1.165, 1.54) is 0 Å². The fourth-order valence-electron chi connectivity index (χ4n) is 9.00. The first kappa shape index (κ1) is 35.6. The largest absolute Gasteiger partial charge is 0.391 e. The van der Waals surface area contributed by atoms with Crippen molar-refractivity contribution in [2.24, 2.45) is 29.6 Å². The lowest BCUT2D eigenvalue weighted by atomic mass is 9.77. The second-order valence-corrected chi connectivity index (χ2v) is 15.0. The Morgan fingerprint density at radius 3 is 1.92 bits per heavy atom. The summed E-state index contributed by atoms with van der Waals surface area (Å²) in [5.74, 6) is -1.61. The van der Waals surface area contributed by atoms with Gasteiger partial charge in [0.05, 0.1) is 30.1 Å². The van der Waals surface area contributed by atoms with Gasteiger partial charge in [-0.25, -0.2) is 0 Å². The number of hydrogen-bond acceptors (Lipinski definition) is 5. The molecule has 3 aliphatic carbocycles. The minimum absolute atomic E-state index is 0.0101.